The van der Waals surface area contributed by atoms with Gasteiger partial charge in [-0.2, -0.15) is 4.31 Å². The number of likely N-dealkylation sites (N-methyl/N-ethyl adjacent to an activating group) is 2. The van der Waals surface area contributed by atoms with Gasteiger partial charge in [-0.15, -0.1) is 0 Å². The Labute approximate surface area is 122 Å². The second kappa shape index (κ2) is 7.95. The number of rotatable bonds is 7. The molecule has 1 rings (SSSR count). The average molecular weight is 305 g/mol. The lowest BCUT2D eigenvalue weighted by Gasteiger charge is -2.25. The molecule has 1 aliphatic heterocycles. The van der Waals surface area contributed by atoms with Crippen molar-refractivity contribution < 1.29 is 13.2 Å². The normalized spacial score (nSPS) is 17.4. The van der Waals surface area contributed by atoms with Crippen LogP contribution in [0.4, 0.5) is 0 Å². The second-order valence-corrected chi connectivity index (χ2v) is 7.60. The first-order valence-electron chi connectivity index (χ1n) is 7.25. The number of hydrogen-bond acceptors (Lipinski definition) is 4. The third-order valence-corrected chi connectivity index (χ3v) is 5.72. The molecule has 0 aromatic rings. The molecule has 20 heavy (non-hydrogen) atoms. The van der Waals surface area contributed by atoms with Crippen molar-refractivity contribution >= 4 is 15.9 Å². The van der Waals surface area contributed by atoms with Crippen LogP contribution < -0.4 is 5.32 Å². The van der Waals surface area contributed by atoms with Gasteiger partial charge in [0.05, 0.1) is 12.3 Å². The quantitative estimate of drug-likeness (QED) is 0.725. The topological polar surface area (TPSA) is 69.7 Å². The molecule has 0 spiro atoms. The Morgan fingerprint density at radius 1 is 1.25 bits per heavy atom. The Balaban J connectivity index is 2.53. The minimum absolute atomic E-state index is 0.0575. The first-order valence-corrected chi connectivity index (χ1v) is 8.86. The van der Waals surface area contributed by atoms with E-state index in [1.807, 2.05) is 0 Å². The highest BCUT2D eigenvalue weighted by molar-refractivity contribution is 7.89. The Hall–Kier alpha value is -0.660. The minimum Gasteiger partial charge on any atom is -0.348 e. The molecule has 1 saturated heterocycles. The maximum absolute atomic E-state index is 12.3. The summed E-state index contributed by atoms with van der Waals surface area (Å²) in [5.74, 6) is 0.443. The molecule has 118 valence electrons. The van der Waals surface area contributed by atoms with Crippen LogP contribution in [0, 0.1) is 5.92 Å². The highest BCUT2D eigenvalue weighted by Gasteiger charge is 2.25. The number of hydrogen-bond donors (Lipinski definition) is 1. The summed E-state index contributed by atoms with van der Waals surface area (Å²) in [4.78, 5) is 13.1. The average Bonchev–Trinajstić information content (AvgIpc) is 2.43. The highest BCUT2D eigenvalue weighted by atomic mass is 32.2. The van der Waals surface area contributed by atoms with E-state index in [4.69, 9.17) is 0 Å². The van der Waals surface area contributed by atoms with Gasteiger partial charge in [-0.05, 0) is 38.3 Å². The predicted molar refractivity (Wildman–Crippen MR) is 79.9 cm³/mol. The van der Waals surface area contributed by atoms with Crippen molar-refractivity contribution in [2.24, 2.45) is 5.92 Å². The fraction of sp³-hybridized carbons (Fsp3) is 0.923. The van der Waals surface area contributed by atoms with Crippen molar-refractivity contribution in [3.8, 4) is 0 Å². The molecular weight excluding hydrogens is 278 g/mol. The lowest BCUT2D eigenvalue weighted by atomic mass is 9.96. The summed E-state index contributed by atoms with van der Waals surface area (Å²) in [5.41, 5.74) is 0. The zero-order chi connectivity index (χ0) is 15.2. The Bertz CT molecular complexity index is 403. The molecule has 0 aromatic carbocycles. The lowest BCUT2D eigenvalue weighted by molar-refractivity contribution is -0.128. The molecule has 0 radical (unpaired) electrons. The molecule has 0 unspecified atom stereocenters. The van der Waals surface area contributed by atoms with E-state index in [9.17, 15) is 13.2 Å². The van der Waals surface area contributed by atoms with Crippen molar-refractivity contribution in [1.29, 1.82) is 0 Å². The van der Waals surface area contributed by atoms with E-state index >= 15 is 0 Å². The molecule has 1 heterocycles. The van der Waals surface area contributed by atoms with Gasteiger partial charge >= 0.3 is 0 Å². The van der Waals surface area contributed by atoms with E-state index in [0.29, 0.717) is 18.9 Å². The maximum atomic E-state index is 12.3. The van der Waals surface area contributed by atoms with Crippen LogP contribution in [0.2, 0.25) is 0 Å². The first-order chi connectivity index (χ1) is 9.36. The Morgan fingerprint density at radius 3 is 2.35 bits per heavy atom. The van der Waals surface area contributed by atoms with E-state index < -0.39 is 10.0 Å². The van der Waals surface area contributed by atoms with E-state index in [0.717, 1.165) is 25.9 Å². The molecule has 0 bridgehead atoms. The summed E-state index contributed by atoms with van der Waals surface area (Å²) >= 11 is 0. The van der Waals surface area contributed by atoms with Crippen LogP contribution in [0.1, 0.15) is 26.2 Å². The van der Waals surface area contributed by atoms with Crippen LogP contribution in [-0.2, 0) is 14.8 Å². The van der Waals surface area contributed by atoms with Gasteiger partial charge in [-0.3, -0.25) is 4.79 Å². The van der Waals surface area contributed by atoms with Crippen LogP contribution in [0.3, 0.4) is 0 Å². The van der Waals surface area contributed by atoms with Crippen LogP contribution in [-0.4, -0.2) is 69.6 Å². The Kier molecular flexibility index (Phi) is 6.91. The summed E-state index contributed by atoms with van der Waals surface area (Å²) < 4.78 is 25.9. The van der Waals surface area contributed by atoms with Crippen LogP contribution >= 0.6 is 0 Å². The van der Waals surface area contributed by atoms with Gasteiger partial charge in [0.2, 0.25) is 15.9 Å². The van der Waals surface area contributed by atoms with Gasteiger partial charge in [0.1, 0.15) is 0 Å². The smallest absolute Gasteiger partial charge is 0.237 e. The zero-order valence-electron chi connectivity index (χ0n) is 12.8. The van der Waals surface area contributed by atoms with Crippen molar-refractivity contribution in [2.45, 2.75) is 26.2 Å². The minimum atomic E-state index is -3.33. The van der Waals surface area contributed by atoms with Gasteiger partial charge < -0.3 is 10.2 Å². The van der Waals surface area contributed by atoms with Crippen LogP contribution in [0.5, 0.6) is 0 Å². The molecule has 0 aromatic heterocycles. The van der Waals surface area contributed by atoms with Crippen molar-refractivity contribution in [3.63, 3.8) is 0 Å². The molecule has 0 saturated carbocycles. The van der Waals surface area contributed by atoms with E-state index in [2.05, 4.69) is 5.32 Å². The van der Waals surface area contributed by atoms with Gasteiger partial charge in [0, 0.05) is 20.6 Å². The molecule has 1 aliphatic rings. The van der Waals surface area contributed by atoms with Crippen LogP contribution in [0.25, 0.3) is 0 Å². The van der Waals surface area contributed by atoms with Crippen LogP contribution in [0.15, 0.2) is 0 Å². The maximum Gasteiger partial charge on any atom is 0.237 e. The van der Waals surface area contributed by atoms with E-state index in [1.54, 1.807) is 21.0 Å². The standard InChI is InChI=1S/C13H27N3O3S/c1-4-16(11-13(17)15(2)3)20(18,19)10-7-12-5-8-14-9-6-12/h12,14H,4-11H2,1-3H3. The molecule has 1 amide bonds. The number of nitrogens with one attached hydrogen (secondary N) is 1. The second-order valence-electron chi connectivity index (χ2n) is 5.51. The molecular formula is C13H27N3O3S. The largest absolute Gasteiger partial charge is 0.348 e. The summed E-state index contributed by atoms with van der Waals surface area (Å²) in [7, 11) is -0.0615. The van der Waals surface area contributed by atoms with Gasteiger partial charge in [0.25, 0.3) is 0 Å². The van der Waals surface area contributed by atoms with Gasteiger partial charge in [-0.1, -0.05) is 6.92 Å². The number of carbonyl (C=O) groups excluding carboxylic acids is 1. The molecule has 6 nitrogen and oxygen atoms in total. The predicted octanol–water partition coefficient (Wildman–Crippen LogP) is 0.116. The number of nitrogens with zero attached hydrogens (tertiary/aromatic N) is 2. The summed E-state index contributed by atoms with van der Waals surface area (Å²) in [6.07, 6.45) is 2.77. The summed E-state index contributed by atoms with van der Waals surface area (Å²) in [5, 5.41) is 3.27. The summed E-state index contributed by atoms with van der Waals surface area (Å²) in [6, 6.07) is 0. The lowest BCUT2D eigenvalue weighted by Crippen LogP contribution is -2.41. The molecule has 7 heteroatoms. The zero-order valence-corrected chi connectivity index (χ0v) is 13.6. The molecule has 1 N–H and O–H groups in total. The fourth-order valence-corrected chi connectivity index (χ4v) is 3.90. The third-order valence-electron chi connectivity index (χ3n) is 3.80. The third kappa shape index (κ3) is 5.38. The number of carbonyl (C=O) groups is 1. The highest BCUT2D eigenvalue weighted by Crippen LogP contribution is 2.17. The molecule has 0 aliphatic carbocycles. The van der Waals surface area contributed by atoms with E-state index in [1.165, 1.54) is 9.21 Å². The van der Waals surface area contributed by atoms with E-state index in [-0.39, 0.29) is 18.2 Å². The van der Waals surface area contributed by atoms with Crippen molar-refractivity contribution in [1.82, 2.24) is 14.5 Å². The fourth-order valence-electron chi connectivity index (χ4n) is 2.31. The number of piperidine rings is 1. The number of amides is 1. The van der Waals surface area contributed by atoms with Crippen molar-refractivity contribution in [3.05, 3.63) is 0 Å². The van der Waals surface area contributed by atoms with Crippen molar-refractivity contribution in [2.75, 3.05) is 46.0 Å². The first kappa shape index (κ1) is 17.4. The molecule has 1 fully saturated rings. The monoisotopic (exact) mass is 305 g/mol. The number of sulfonamides is 1. The van der Waals surface area contributed by atoms with Gasteiger partial charge in [-0.25, -0.2) is 8.42 Å². The summed E-state index contributed by atoms with van der Waals surface area (Å²) in [6.45, 7) is 4.00. The van der Waals surface area contributed by atoms with Gasteiger partial charge in [0.15, 0.2) is 0 Å². The SMILES string of the molecule is CCN(CC(=O)N(C)C)S(=O)(=O)CCC1CCNCC1. The molecule has 0 atom stereocenters. The Morgan fingerprint density at radius 2 is 1.85 bits per heavy atom.